The van der Waals surface area contributed by atoms with Gasteiger partial charge in [-0.25, -0.2) is 0 Å². The first kappa shape index (κ1) is 21.4. The van der Waals surface area contributed by atoms with Crippen molar-refractivity contribution in [1.82, 2.24) is 5.32 Å². The molecule has 1 saturated carbocycles. The van der Waals surface area contributed by atoms with Gasteiger partial charge in [-0.1, -0.05) is 59.8 Å². The second-order valence-corrected chi connectivity index (χ2v) is 8.97. The number of hydrogen-bond acceptors (Lipinski definition) is 4. The Bertz CT molecular complexity index is 965. The number of nitrogens with one attached hydrogen (secondary N) is 1. The van der Waals surface area contributed by atoms with Crippen molar-refractivity contribution < 1.29 is 9.90 Å². The van der Waals surface area contributed by atoms with E-state index in [9.17, 15) is 9.90 Å². The Morgan fingerprint density at radius 3 is 2.43 bits per heavy atom. The lowest BCUT2D eigenvalue weighted by molar-refractivity contribution is -0.116. The maximum Gasteiger partial charge on any atom is 0.267 e. The fourth-order valence-corrected chi connectivity index (χ4v) is 4.63. The van der Waals surface area contributed by atoms with Crippen molar-refractivity contribution in [2.75, 3.05) is 5.01 Å². The molecule has 30 heavy (non-hydrogen) atoms. The van der Waals surface area contributed by atoms with Gasteiger partial charge in [0.15, 0.2) is 0 Å². The van der Waals surface area contributed by atoms with Crippen LogP contribution in [-0.4, -0.2) is 28.9 Å². The SMILES string of the molecule is O=C(N[C@H]1CCCC[C@@H]1O)C1=NN(c2ccc(Cl)cc2Cl)C(c2ccc(Cl)cc2)C1. The van der Waals surface area contributed by atoms with E-state index in [1.807, 2.05) is 24.3 Å². The van der Waals surface area contributed by atoms with E-state index in [4.69, 9.17) is 34.8 Å². The Morgan fingerprint density at radius 1 is 1.03 bits per heavy atom. The molecule has 2 aromatic rings. The minimum atomic E-state index is -0.515. The van der Waals surface area contributed by atoms with Crippen molar-refractivity contribution in [1.29, 1.82) is 0 Å². The van der Waals surface area contributed by atoms with Crippen LogP contribution in [-0.2, 0) is 4.79 Å². The summed E-state index contributed by atoms with van der Waals surface area (Å²) in [6.07, 6.45) is 3.35. The largest absolute Gasteiger partial charge is 0.391 e. The number of halogens is 3. The third-order valence-corrected chi connectivity index (χ3v) is 6.42. The molecule has 0 aromatic heterocycles. The predicted octanol–water partition coefficient (Wildman–Crippen LogP) is 5.37. The van der Waals surface area contributed by atoms with Crippen molar-refractivity contribution in [3.63, 3.8) is 0 Å². The lowest BCUT2D eigenvalue weighted by atomic mass is 9.92. The summed E-state index contributed by atoms with van der Waals surface area (Å²) in [6, 6.07) is 12.2. The van der Waals surface area contributed by atoms with Gasteiger partial charge in [0.1, 0.15) is 5.71 Å². The minimum Gasteiger partial charge on any atom is -0.391 e. The van der Waals surface area contributed by atoms with Crippen molar-refractivity contribution >= 4 is 52.1 Å². The molecule has 5 nitrogen and oxygen atoms in total. The fourth-order valence-electron chi connectivity index (χ4n) is 4.01. The zero-order chi connectivity index (χ0) is 21.3. The van der Waals surface area contributed by atoms with Gasteiger partial charge < -0.3 is 10.4 Å². The summed E-state index contributed by atoms with van der Waals surface area (Å²) in [5.74, 6) is -0.257. The molecule has 1 fully saturated rings. The van der Waals surface area contributed by atoms with E-state index >= 15 is 0 Å². The number of amides is 1. The second-order valence-electron chi connectivity index (χ2n) is 7.69. The van der Waals surface area contributed by atoms with Gasteiger partial charge in [0.25, 0.3) is 5.91 Å². The number of nitrogens with zero attached hydrogens (tertiary/aromatic N) is 2. The summed E-state index contributed by atoms with van der Waals surface area (Å²) in [6.45, 7) is 0. The van der Waals surface area contributed by atoms with Crippen LogP contribution in [0, 0.1) is 0 Å². The summed E-state index contributed by atoms with van der Waals surface area (Å²) in [5.41, 5.74) is 2.04. The van der Waals surface area contributed by atoms with Crippen LogP contribution >= 0.6 is 34.8 Å². The first-order chi connectivity index (χ1) is 14.4. The Labute approximate surface area is 190 Å². The van der Waals surface area contributed by atoms with Crippen LogP contribution in [0.25, 0.3) is 0 Å². The number of hydrazone groups is 1. The molecule has 3 atom stereocenters. The van der Waals surface area contributed by atoms with Crippen LogP contribution in [0.4, 0.5) is 5.69 Å². The van der Waals surface area contributed by atoms with Gasteiger partial charge in [0, 0.05) is 16.5 Å². The van der Waals surface area contributed by atoms with E-state index in [1.54, 1.807) is 23.2 Å². The molecule has 0 bridgehead atoms. The molecule has 0 spiro atoms. The molecule has 0 saturated heterocycles. The Hall–Kier alpha value is -1.79. The van der Waals surface area contributed by atoms with E-state index in [0.717, 1.165) is 24.8 Å². The number of rotatable bonds is 4. The molecule has 1 aliphatic carbocycles. The Kier molecular flexibility index (Phi) is 6.54. The Balaban J connectivity index is 1.63. The molecular weight excluding hydrogens is 445 g/mol. The molecule has 2 aliphatic rings. The van der Waals surface area contributed by atoms with E-state index in [1.165, 1.54) is 0 Å². The maximum absolute atomic E-state index is 13.0. The first-order valence-electron chi connectivity index (χ1n) is 9.98. The lowest BCUT2D eigenvalue weighted by Gasteiger charge is -2.28. The Morgan fingerprint density at radius 2 is 1.73 bits per heavy atom. The lowest BCUT2D eigenvalue weighted by Crippen LogP contribution is -2.47. The van der Waals surface area contributed by atoms with Crippen LogP contribution in [0.2, 0.25) is 15.1 Å². The quantitative estimate of drug-likeness (QED) is 0.636. The third kappa shape index (κ3) is 4.59. The van der Waals surface area contributed by atoms with E-state index in [0.29, 0.717) is 39.3 Å². The van der Waals surface area contributed by atoms with Crippen molar-refractivity contribution in [2.24, 2.45) is 5.10 Å². The molecule has 2 aromatic carbocycles. The molecule has 1 unspecified atom stereocenters. The molecule has 1 heterocycles. The summed E-state index contributed by atoms with van der Waals surface area (Å²) in [7, 11) is 0. The number of benzene rings is 2. The first-order valence-corrected chi connectivity index (χ1v) is 11.1. The van der Waals surface area contributed by atoms with E-state index < -0.39 is 6.10 Å². The van der Waals surface area contributed by atoms with Gasteiger partial charge in [0.2, 0.25) is 0 Å². The highest BCUT2D eigenvalue weighted by molar-refractivity contribution is 6.40. The van der Waals surface area contributed by atoms with Crippen LogP contribution in [0.3, 0.4) is 0 Å². The topological polar surface area (TPSA) is 64.9 Å². The van der Waals surface area contributed by atoms with Crippen LogP contribution in [0.5, 0.6) is 0 Å². The molecule has 1 aliphatic heterocycles. The third-order valence-electron chi connectivity index (χ3n) is 5.63. The molecule has 8 heteroatoms. The number of aliphatic hydroxyl groups excluding tert-OH is 1. The average molecular weight is 467 g/mol. The van der Waals surface area contributed by atoms with E-state index in [-0.39, 0.29) is 18.0 Å². The second kappa shape index (κ2) is 9.15. The number of carbonyl (C=O) groups is 1. The average Bonchev–Trinajstić information content (AvgIpc) is 3.15. The number of aliphatic hydroxyl groups is 1. The zero-order valence-corrected chi connectivity index (χ0v) is 18.5. The molecule has 1 amide bonds. The molecule has 158 valence electrons. The summed E-state index contributed by atoms with van der Waals surface area (Å²) < 4.78 is 0. The smallest absolute Gasteiger partial charge is 0.267 e. The van der Waals surface area contributed by atoms with Gasteiger partial charge in [-0.2, -0.15) is 5.10 Å². The maximum atomic E-state index is 13.0. The normalized spacial score (nSPS) is 23.9. The van der Waals surface area contributed by atoms with Crippen LogP contribution in [0.1, 0.15) is 43.7 Å². The van der Waals surface area contributed by atoms with Crippen molar-refractivity contribution in [3.05, 3.63) is 63.1 Å². The highest BCUT2D eigenvalue weighted by Gasteiger charge is 2.35. The molecule has 2 N–H and O–H groups in total. The minimum absolute atomic E-state index is 0.210. The summed E-state index contributed by atoms with van der Waals surface area (Å²) in [4.78, 5) is 13.0. The number of anilines is 1. The van der Waals surface area contributed by atoms with Gasteiger partial charge in [-0.3, -0.25) is 9.80 Å². The molecule has 4 rings (SSSR count). The monoisotopic (exact) mass is 465 g/mol. The van der Waals surface area contributed by atoms with Crippen molar-refractivity contribution in [2.45, 2.75) is 50.3 Å². The highest BCUT2D eigenvalue weighted by atomic mass is 35.5. The molecule has 0 radical (unpaired) electrons. The van der Waals surface area contributed by atoms with Gasteiger partial charge in [-0.15, -0.1) is 0 Å². The van der Waals surface area contributed by atoms with Gasteiger partial charge >= 0.3 is 0 Å². The zero-order valence-electron chi connectivity index (χ0n) is 16.2. The standard InChI is InChI=1S/C22H22Cl3N3O2/c23-14-7-5-13(6-8-14)20-12-18(22(30)26-17-3-1-2-4-21(17)29)27-28(20)19-10-9-15(24)11-16(19)25/h5-11,17,20-21,29H,1-4,12H2,(H,26,30)/t17-,20?,21-/m0/s1. The summed E-state index contributed by atoms with van der Waals surface area (Å²) >= 11 is 18.5. The summed E-state index contributed by atoms with van der Waals surface area (Å²) in [5, 5.41) is 21.2. The highest BCUT2D eigenvalue weighted by Crippen LogP contribution is 2.40. The van der Waals surface area contributed by atoms with Gasteiger partial charge in [0.05, 0.1) is 28.9 Å². The van der Waals surface area contributed by atoms with Crippen molar-refractivity contribution in [3.8, 4) is 0 Å². The number of carbonyl (C=O) groups excluding carboxylic acids is 1. The van der Waals surface area contributed by atoms with Crippen LogP contribution in [0.15, 0.2) is 47.6 Å². The molecular formula is C22H22Cl3N3O2. The van der Waals surface area contributed by atoms with E-state index in [2.05, 4.69) is 10.4 Å². The fraction of sp³-hybridized carbons (Fsp3) is 0.364. The van der Waals surface area contributed by atoms with Crippen LogP contribution < -0.4 is 10.3 Å². The number of hydrogen-bond donors (Lipinski definition) is 2. The van der Waals surface area contributed by atoms with Gasteiger partial charge in [-0.05, 0) is 48.7 Å². The predicted molar refractivity (Wildman–Crippen MR) is 122 cm³/mol.